The highest BCUT2D eigenvalue weighted by Gasteiger charge is 2.07. The molecule has 0 aromatic heterocycles. The predicted octanol–water partition coefficient (Wildman–Crippen LogP) is 3.50. The molecular weight excluding hydrogens is 196 g/mol. The molecule has 0 aliphatic carbocycles. The monoisotopic (exact) mass is 216 g/mol. The van der Waals surface area contributed by atoms with E-state index in [0.717, 1.165) is 12.6 Å². The van der Waals surface area contributed by atoms with Crippen molar-refractivity contribution >= 4 is 22.9 Å². The molecule has 0 bridgehead atoms. The van der Waals surface area contributed by atoms with Crippen LogP contribution < -0.4 is 4.86 Å². The zero-order valence-electron chi connectivity index (χ0n) is 8.80. The summed E-state index contributed by atoms with van der Waals surface area (Å²) in [5.74, 6) is 2.33. The van der Waals surface area contributed by atoms with E-state index in [1.54, 1.807) is 0 Å². The van der Waals surface area contributed by atoms with Gasteiger partial charge in [-0.3, -0.25) is 0 Å². The molecule has 74 valence electrons. The Bertz CT molecular complexity index is 229. The minimum absolute atomic E-state index is 0.229. The fourth-order valence-electron chi connectivity index (χ4n) is 0.989. The minimum atomic E-state index is -0.229. The molecule has 1 nitrogen and oxygen atoms in total. The highest BCUT2D eigenvalue weighted by atomic mass is 31.1. The molecule has 0 saturated carbocycles. The molecule has 0 aromatic carbocycles. The molecule has 3 heteroatoms. The summed E-state index contributed by atoms with van der Waals surface area (Å²) in [4.78, 5) is 3.26. The van der Waals surface area contributed by atoms with Crippen LogP contribution in [0, 0.1) is 0 Å². The fraction of sp³-hybridized carbons (Fsp3) is 0.500. The van der Waals surface area contributed by atoms with Gasteiger partial charge in [0.25, 0.3) is 0 Å². The van der Waals surface area contributed by atoms with Crippen molar-refractivity contribution < 1.29 is 0 Å². The summed E-state index contributed by atoms with van der Waals surface area (Å²) in [6.07, 6.45) is 4.35. The summed E-state index contributed by atoms with van der Waals surface area (Å²) in [5.41, 5.74) is 2.66. The van der Waals surface area contributed by atoms with Crippen LogP contribution in [0.15, 0.2) is 23.8 Å². The summed E-state index contributed by atoms with van der Waals surface area (Å²) < 4.78 is 0. The van der Waals surface area contributed by atoms with Gasteiger partial charge < -0.3 is 0 Å². The van der Waals surface area contributed by atoms with Crippen LogP contribution >= 0.6 is 17.1 Å². The van der Waals surface area contributed by atoms with Crippen LogP contribution in [-0.4, -0.2) is 12.0 Å². The average molecular weight is 216 g/mol. The van der Waals surface area contributed by atoms with Gasteiger partial charge in [-0.1, -0.05) is 19.6 Å². The molecular formula is C10H20NP2+. The minimum Gasteiger partial charge on any atom is -0.130 e. The van der Waals surface area contributed by atoms with Gasteiger partial charge >= 0.3 is 0 Å². The van der Waals surface area contributed by atoms with E-state index in [4.69, 9.17) is 0 Å². The second-order valence-corrected chi connectivity index (χ2v) is 5.61. The maximum atomic E-state index is 3.93. The fourth-order valence-corrected chi connectivity index (χ4v) is 3.06. The second kappa shape index (κ2) is 7.44. The lowest BCUT2D eigenvalue weighted by molar-refractivity contribution is 1.18. The quantitative estimate of drug-likeness (QED) is 0.548. The van der Waals surface area contributed by atoms with E-state index in [1.807, 2.05) is 0 Å². The van der Waals surface area contributed by atoms with Crippen molar-refractivity contribution in [2.45, 2.75) is 27.2 Å². The van der Waals surface area contributed by atoms with E-state index < -0.39 is 0 Å². The van der Waals surface area contributed by atoms with Crippen molar-refractivity contribution in [2.75, 3.05) is 6.16 Å². The lowest BCUT2D eigenvalue weighted by Gasteiger charge is -1.95. The van der Waals surface area contributed by atoms with Crippen LogP contribution in [0.5, 0.6) is 0 Å². The molecule has 0 rings (SSSR count). The summed E-state index contributed by atoms with van der Waals surface area (Å²) in [5, 5.41) is 0. The molecule has 0 fully saturated rings. The normalized spacial score (nSPS) is 13.2. The largest absolute Gasteiger partial charge is 0.190 e. The highest BCUT2D eigenvalue weighted by Crippen LogP contribution is 2.23. The lowest BCUT2D eigenvalue weighted by Crippen LogP contribution is -1.93. The summed E-state index contributed by atoms with van der Waals surface area (Å²) in [6.45, 7) is 10.3. The molecule has 0 aromatic rings. The molecule has 0 amide bonds. The van der Waals surface area contributed by atoms with Crippen molar-refractivity contribution in [1.29, 1.82) is 0 Å². The van der Waals surface area contributed by atoms with Gasteiger partial charge in [0.15, 0.2) is 7.70 Å². The van der Waals surface area contributed by atoms with Crippen LogP contribution in [0.4, 0.5) is 0 Å². The first-order chi connectivity index (χ1) is 6.13. The van der Waals surface area contributed by atoms with E-state index in [2.05, 4.69) is 53.5 Å². The topological polar surface area (TPSA) is 12.0 Å². The van der Waals surface area contributed by atoms with Crippen molar-refractivity contribution in [3.05, 3.63) is 23.8 Å². The molecule has 13 heavy (non-hydrogen) atoms. The zero-order chi connectivity index (χ0) is 10.3. The van der Waals surface area contributed by atoms with Crippen LogP contribution in [0.2, 0.25) is 0 Å². The molecule has 0 radical (unpaired) electrons. The van der Waals surface area contributed by atoms with Crippen molar-refractivity contribution in [3.63, 3.8) is 0 Å². The Labute approximate surface area is 85.4 Å². The first-order valence-electron chi connectivity index (χ1n) is 4.51. The van der Waals surface area contributed by atoms with Crippen molar-refractivity contribution in [1.82, 2.24) is 4.86 Å². The Morgan fingerprint density at radius 1 is 1.62 bits per heavy atom. The van der Waals surface area contributed by atoms with Crippen molar-refractivity contribution in [3.8, 4) is 0 Å². The van der Waals surface area contributed by atoms with Gasteiger partial charge in [-0.25, -0.2) is 0 Å². The number of hydrogen-bond acceptors (Lipinski definition) is 1. The maximum absolute atomic E-state index is 3.93. The van der Waals surface area contributed by atoms with Crippen LogP contribution in [0.3, 0.4) is 0 Å². The van der Waals surface area contributed by atoms with E-state index in [1.165, 1.54) is 11.1 Å². The summed E-state index contributed by atoms with van der Waals surface area (Å²) in [7, 11) is 2.37. The Hall–Kier alpha value is 0.0400. The molecule has 2 unspecified atom stereocenters. The first-order valence-corrected chi connectivity index (χ1v) is 6.68. The van der Waals surface area contributed by atoms with E-state index in [0.29, 0.717) is 0 Å². The van der Waals surface area contributed by atoms with Crippen molar-refractivity contribution in [2.24, 2.45) is 0 Å². The third-order valence-corrected chi connectivity index (χ3v) is 4.56. The molecule has 0 saturated heterocycles. The molecule has 0 aliphatic heterocycles. The number of nitrogens with one attached hydrogen (secondary N) is 1. The first kappa shape index (κ1) is 13.0. The second-order valence-electron chi connectivity index (χ2n) is 3.06. The number of allylic oxidation sites excluding steroid dienone is 3. The Morgan fingerprint density at radius 3 is 2.54 bits per heavy atom. The van der Waals surface area contributed by atoms with Gasteiger partial charge in [0.2, 0.25) is 0 Å². The Kier molecular flexibility index (Phi) is 7.47. The molecule has 0 heterocycles. The highest BCUT2D eigenvalue weighted by molar-refractivity contribution is 7.61. The van der Waals surface area contributed by atoms with Gasteiger partial charge in [0, 0.05) is 0 Å². The van der Waals surface area contributed by atoms with Crippen LogP contribution in [0.25, 0.3) is 0 Å². The summed E-state index contributed by atoms with van der Waals surface area (Å²) >= 11 is 0. The van der Waals surface area contributed by atoms with Gasteiger partial charge in [0.1, 0.15) is 12.0 Å². The van der Waals surface area contributed by atoms with Gasteiger partial charge in [-0.05, 0) is 40.8 Å². The smallest absolute Gasteiger partial charge is 0.130 e. The van der Waals surface area contributed by atoms with Gasteiger partial charge in [0.05, 0.1) is 0 Å². The third-order valence-electron chi connectivity index (χ3n) is 1.71. The van der Waals surface area contributed by atoms with Gasteiger partial charge in [-0.15, -0.1) is 4.86 Å². The van der Waals surface area contributed by atoms with E-state index in [-0.39, 0.29) is 7.70 Å². The predicted molar refractivity (Wildman–Crippen MR) is 69.6 cm³/mol. The SMILES string of the molecule is C=C(C)C[P+](=C/C(=C\C)CC)NP. The Morgan fingerprint density at radius 2 is 2.23 bits per heavy atom. The molecule has 0 spiro atoms. The lowest BCUT2D eigenvalue weighted by atomic mass is 10.2. The van der Waals surface area contributed by atoms with E-state index >= 15 is 0 Å². The number of rotatable bonds is 5. The average Bonchev–Trinajstić information content (AvgIpc) is 2.11. The van der Waals surface area contributed by atoms with E-state index in [9.17, 15) is 0 Å². The number of hydrogen-bond donors (Lipinski definition) is 1. The van der Waals surface area contributed by atoms with Crippen LogP contribution in [0.1, 0.15) is 27.2 Å². The molecule has 1 N–H and O–H groups in total. The maximum Gasteiger partial charge on any atom is 0.190 e. The third kappa shape index (κ3) is 6.16. The molecule has 0 aliphatic rings. The van der Waals surface area contributed by atoms with Gasteiger partial charge in [-0.2, -0.15) is 0 Å². The zero-order valence-corrected chi connectivity index (χ0v) is 10.8. The van der Waals surface area contributed by atoms with Crippen LogP contribution in [-0.2, 0) is 0 Å². The summed E-state index contributed by atoms with van der Waals surface area (Å²) in [6, 6.07) is 0. The molecule has 2 atom stereocenters. The Balaban J connectivity index is 4.45. The standard InChI is InChI=1S/C10H20NP2/c1-5-10(6-2)8-13(11-12)7-9(3)4/h5,8,11H,3,6-7,12H2,1-2,4H3/q+1/b10-5-.